The second-order valence-corrected chi connectivity index (χ2v) is 10.9. The van der Waals surface area contributed by atoms with E-state index >= 15 is 0 Å². The van der Waals surface area contributed by atoms with Gasteiger partial charge in [0.15, 0.2) is 3.82 Å². The fraction of sp³-hybridized carbons (Fsp3) is 0.786. The average molecular weight is 368 g/mol. The molecule has 0 saturated heterocycles. The molecule has 22 heavy (non-hydrogen) atoms. The van der Waals surface area contributed by atoms with Gasteiger partial charge in [-0.1, -0.05) is 0 Å². The molecule has 0 aromatic rings. The highest BCUT2D eigenvalue weighted by Gasteiger charge is 2.54. The van der Waals surface area contributed by atoms with E-state index in [0.29, 0.717) is 6.42 Å². The molecule has 128 valence electrons. The molecule has 1 heterocycles. The maximum atomic E-state index is 13.5. The van der Waals surface area contributed by atoms with E-state index in [9.17, 15) is 9.36 Å². The zero-order valence-electron chi connectivity index (χ0n) is 13.9. The largest absolute Gasteiger partial charge is 0.458 e. The first-order chi connectivity index (χ1) is 10.1. The Kier molecular flexibility index (Phi) is 7.53. The molecule has 1 rings (SSSR count). The Balaban J connectivity index is 3.14. The van der Waals surface area contributed by atoms with Gasteiger partial charge in [-0.3, -0.25) is 9.36 Å². The summed E-state index contributed by atoms with van der Waals surface area (Å²) in [7, 11) is -3.44. The van der Waals surface area contributed by atoms with Gasteiger partial charge in [0.05, 0.1) is 12.2 Å². The highest BCUT2D eigenvalue weighted by atomic mass is 32.2. The van der Waals surface area contributed by atoms with Gasteiger partial charge >= 0.3 is 13.6 Å². The fourth-order valence-corrected chi connectivity index (χ4v) is 7.66. The maximum absolute atomic E-state index is 13.5. The zero-order valence-corrected chi connectivity index (χ0v) is 16.4. The predicted octanol–water partition coefficient (Wildman–Crippen LogP) is 4.63. The molecule has 0 aromatic heterocycles. The van der Waals surface area contributed by atoms with Gasteiger partial charge in [0, 0.05) is 13.3 Å². The lowest BCUT2D eigenvalue weighted by Crippen LogP contribution is -2.33. The molecule has 0 radical (unpaired) electrons. The second-order valence-electron chi connectivity index (χ2n) is 5.52. The minimum Gasteiger partial charge on any atom is -0.458 e. The van der Waals surface area contributed by atoms with Gasteiger partial charge in [-0.2, -0.15) is 0 Å². The van der Waals surface area contributed by atoms with Gasteiger partial charge in [-0.05, 0) is 45.4 Å². The third-order valence-corrected chi connectivity index (χ3v) is 9.80. The smallest absolute Gasteiger partial charge is 0.357 e. The van der Waals surface area contributed by atoms with Crippen molar-refractivity contribution < 1.29 is 23.1 Å². The summed E-state index contributed by atoms with van der Waals surface area (Å²) in [4.78, 5) is 11.2. The van der Waals surface area contributed by atoms with Crippen LogP contribution >= 0.6 is 31.1 Å². The summed E-state index contributed by atoms with van der Waals surface area (Å²) < 4.78 is 29.5. The second kappa shape index (κ2) is 8.25. The van der Waals surface area contributed by atoms with E-state index in [0.717, 1.165) is 0 Å². The van der Waals surface area contributed by atoms with Crippen LogP contribution in [0.25, 0.3) is 0 Å². The lowest BCUT2D eigenvalue weighted by Gasteiger charge is -2.41. The maximum Gasteiger partial charge on any atom is 0.357 e. The molecule has 0 amide bonds. The molecule has 1 aliphatic rings. The van der Waals surface area contributed by atoms with Gasteiger partial charge in [-0.25, -0.2) is 0 Å². The van der Waals surface area contributed by atoms with Gasteiger partial charge < -0.3 is 13.8 Å². The van der Waals surface area contributed by atoms with Gasteiger partial charge in [0.2, 0.25) is 0 Å². The number of ether oxygens (including phenoxy) is 1. The van der Waals surface area contributed by atoms with Crippen LogP contribution in [-0.4, -0.2) is 34.4 Å². The summed E-state index contributed by atoms with van der Waals surface area (Å²) in [5, 5.41) is 1.81. The molecule has 0 fully saturated rings. The van der Waals surface area contributed by atoms with E-state index in [1.807, 2.05) is 39.4 Å². The summed E-state index contributed by atoms with van der Waals surface area (Å²) in [6.45, 7) is 8.69. The first-order valence-corrected chi connectivity index (χ1v) is 10.8. The molecule has 0 unspecified atom stereocenters. The predicted molar refractivity (Wildman–Crippen MR) is 93.2 cm³/mol. The molecular formula is C14H25O5PS2. The summed E-state index contributed by atoms with van der Waals surface area (Å²) >= 11 is 2.83. The SMILES string of the molecule is CS[C@@]1(P(=O)(OC(C)C)OC(C)C)C[C@H](OC(C)=O)C=CS1. The van der Waals surface area contributed by atoms with Crippen molar-refractivity contribution in [2.45, 2.75) is 63.2 Å². The lowest BCUT2D eigenvalue weighted by atomic mass is 10.2. The van der Waals surface area contributed by atoms with Crippen molar-refractivity contribution >= 4 is 37.1 Å². The number of carbonyl (C=O) groups is 1. The van der Waals surface area contributed by atoms with Gasteiger partial charge in [-0.15, -0.1) is 23.5 Å². The number of rotatable bonds is 7. The van der Waals surface area contributed by atoms with Crippen LogP contribution in [-0.2, 0) is 23.1 Å². The van der Waals surface area contributed by atoms with Crippen molar-refractivity contribution in [2.24, 2.45) is 0 Å². The fourth-order valence-electron chi connectivity index (χ4n) is 2.06. The topological polar surface area (TPSA) is 61.8 Å². The number of esters is 1. The minimum absolute atomic E-state index is 0.229. The molecule has 0 aromatic carbocycles. The third kappa shape index (κ3) is 5.03. The molecule has 0 N–H and O–H groups in total. The Bertz CT molecular complexity index is 452. The molecule has 0 saturated carbocycles. The molecule has 2 atom stereocenters. The Morgan fingerprint density at radius 2 is 1.86 bits per heavy atom. The Morgan fingerprint density at radius 1 is 1.32 bits per heavy atom. The minimum atomic E-state index is -3.44. The van der Waals surface area contributed by atoms with Crippen LogP contribution in [0.2, 0.25) is 0 Å². The highest BCUT2D eigenvalue weighted by Crippen LogP contribution is 2.73. The van der Waals surface area contributed by atoms with E-state index in [4.69, 9.17) is 13.8 Å². The molecule has 8 heteroatoms. The van der Waals surface area contributed by atoms with E-state index in [1.54, 1.807) is 6.08 Å². The Morgan fingerprint density at radius 3 is 2.27 bits per heavy atom. The quantitative estimate of drug-likeness (QED) is 0.479. The number of carbonyl (C=O) groups excluding carboxylic acids is 1. The molecule has 0 bridgehead atoms. The first-order valence-electron chi connectivity index (χ1n) is 7.18. The molecule has 0 aliphatic carbocycles. The molecule has 0 spiro atoms. The number of hydrogen-bond acceptors (Lipinski definition) is 7. The van der Waals surface area contributed by atoms with Crippen LogP contribution in [0.15, 0.2) is 11.5 Å². The highest BCUT2D eigenvalue weighted by molar-refractivity contribution is 8.26. The van der Waals surface area contributed by atoms with Gasteiger partial charge in [0.1, 0.15) is 6.10 Å². The van der Waals surface area contributed by atoms with Crippen LogP contribution in [0, 0.1) is 0 Å². The van der Waals surface area contributed by atoms with E-state index < -0.39 is 17.5 Å². The number of thioether (sulfide) groups is 2. The van der Waals surface area contributed by atoms with Crippen LogP contribution in [0.1, 0.15) is 41.0 Å². The summed E-state index contributed by atoms with van der Waals surface area (Å²) in [5.74, 6) is -0.360. The van der Waals surface area contributed by atoms with Crippen molar-refractivity contribution in [1.82, 2.24) is 0 Å². The van der Waals surface area contributed by atoms with Crippen molar-refractivity contribution in [2.75, 3.05) is 6.26 Å². The van der Waals surface area contributed by atoms with E-state index in [-0.39, 0.29) is 18.2 Å². The van der Waals surface area contributed by atoms with Crippen LogP contribution < -0.4 is 0 Å². The average Bonchev–Trinajstić information content (AvgIpc) is 2.35. The lowest BCUT2D eigenvalue weighted by molar-refractivity contribution is -0.144. The summed E-state index contributed by atoms with van der Waals surface area (Å²) in [5.41, 5.74) is 0. The van der Waals surface area contributed by atoms with Crippen LogP contribution in [0.4, 0.5) is 0 Å². The molecular weight excluding hydrogens is 343 g/mol. The standard InChI is InChI=1S/C14H25O5PS2/c1-10(2)18-20(16,19-11(3)4)14(21-6)9-13(7-8-22-14)17-12(5)15/h7-8,10-11,13H,9H2,1-6H3/t13-,14+/m1/s1. The van der Waals surface area contributed by atoms with Crippen molar-refractivity contribution in [3.05, 3.63) is 11.5 Å². The Hall–Kier alpha value is 0.0600. The normalized spacial score (nSPS) is 25.7. The third-order valence-electron chi connectivity index (χ3n) is 2.76. The van der Waals surface area contributed by atoms with E-state index in [1.165, 1.54) is 30.4 Å². The first kappa shape index (κ1) is 20.1. The zero-order chi connectivity index (χ0) is 17.0. The van der Waals surface area contributed by atoms with Crippen LogP contribution in [0.3, 0.4) is 0 Å². The number of hydrogen-bond donors (Lipinski definition) is 0. The van der Waals surface area contributed by atoms with Crippen molar-refractivity contribution in [3.63, 3.8) is 0 Å². The summed E-state index contributed by atoms with van der Waals surface area (Å²) in [6.07, 6.45) is 3.17. The van der Waals surface area contributed by atoms with Crippen molar-refractivity contribution in [1.29, 1.82) is 0 Å². The molecule has 5 nitrogen and oxygen atoms in total. The Labute approximate surface area is 141 Å². The van der Waals surface area contributed by atoms with Gasteiger partial charge in [0.25, 0.3) is 0 Å². The summed E-state index contributed by atoms with van der Waals surface area (Å²) in [6, 6.07) is 0. The monoisotopic (exact) mass is 368 g/mol. The molecule has 1 aliphatic heterocycles. The van der Waals surface area contributed by atoms with E-state index in [2.05, 4.69) is 0 Å². The van der Waals surface area contributed by atoms with Crippen LogP contribution in [0.5, 0.6) is 0 Å². The van der Waals surface area contributed by atoms with Crippen molar-refractivity contribution in [3.8, 4) is 0 Å².